The lowest BCUT2D eigenvalue weighted by atomic mass is 10.2. The zero-order valence-corrected chi connectivity index (χ0v) is 9.41. The van der Waals surface area contributed by atoms with Gasteiger partial charge in [0.25, 0.3) is 0 Å². The van der Waals surface area contributed by atoms with E-state index < -0.39 is 0 Å². The predicted octanol–water partition coefficient (Wildman–Crippen LogP) is 2.36. The molecular formula is C12H17NO2. The molecule has 15 heavy (non-hydrogen) atoms. The molecule has 0 amide bonds. The van der Waals surface area contributed by atoms with E-state index in [2.05, 4.69) is 5.32 Å². The van der Waals surface area contributed by atoms with Crippen molar-refractivity contribution < 1.29 is 9.53 Å². The molecule has 0 aliphatic carbocycles. The Bertz CT molecular complexity index is 319. The third kappa shape index (κ3) is 3.62. The van der Waals surface area contributed by atoms with Gasteiger partial charge in [-0.2, -0.15) is 0 Å². The van der Waals surface area contributed by atoms with Gasteiger partial charge in [0.05, 0.1) is 6.61 Å². The fraction of sp³-hybridized carbons (Fsp3) is 0.417. The molecule has 1 aromatic rings. The Hall–Kier alpha value is -1.51. The number of hydrogen-bond donors (Lipinski definition) is 1. The highest BCUT2D eigenvalue weighted by Gasteiger charge is 2.12. The Labute approximate surface area is 90.4 Å². The molecule has 82 valence electrons. The Balaban J connectivity index is 2.54. The van der Waals surface area contributed by atoms with Gasteiger partial charge in [0.2, 0.25) is 0 Å². The van der Waals surface area contributed by atoms with Crippen LogP contribution in [0.1, 0.15) is 19.4 Å². The molecule has 0 heterocycles. The number of carbonyl (C=O) groups excluding carboxylic acids is 1. The number of benzene rings is 1. The lowest BCUT2D eigenvalue weighted by Crippen LogP contribution is -2.28. The van der Waals surface area contributed by atoms with E-state index in [1.165, 1.54) is 5.56 Å². The van der Waals surface area contributed by atoms with Crippen molar-refractivity contribution in [1.82, 2.24) is 0 Å². The van der Waals surface area contributed by atoms with Crippen LogP contribution in [-0.2, 0) is 9.53 Å². The van der Waals surface area contributed by atoms with Gasteiger partial charge in [-0.05, 0) is 32.9 Å². The van der Waals surface area contributed by atoms with Crippen LogP contribution >= 0.6 is 0 Å². The Morgan fingerprint density at radius 1 is 1.40 bits per heavy atom. The molecule has 0 fully saturated rings. The van der Waals surface area contributed by atoms with Crippen molar-refractivity contribution in [3.05, 3.63) is 29.8 Å². The van der Waals surface area contributed by atoms with Crippen LogP contribution in [-0.4, -0.2) is 18.6 Å². The summed E-state index contributed by atoms with van der Waals surface area (Å²) in [5.41, 5.74) is 2.13. The van der Waals surface area contributed by atoms with Gasteiger partial charge in [-0.3, -0.25) is 0 Å². The maximum absolute atomic E-state index is 11.3. The summed E-state index contributed by atoms with van der Waals surface area (Å²) < 4.78 is 4.90. The van der Waals surface area contributed by atoms with Crippen LogP contribution in [0.2, 0.25) is 0 Å². The number of hydrogen-bond acceptors (Lipinski definition) is 3. The van der Waals surface area contributed by atoms with Crippen molar-refractivity contribution in [2.45, 2.75) is 26.8 Å². The van der Waals surface area contributed by atoms with Gasteiger partial charge in [0, 0.05) is 5.69 Å². The Morgan fingerprint density at radius 2 is 2.00 bits per heavy atom. The van der Waals surface area contributed by atoms with Crippen molar-refractivity contribution in [3.63, 3.8) is 0 Å². The highest BCUT2D eigenvalue weighted by Crippen LogP contribution is 2.10. The predicted molar refractivity (Wildman–Crippen MR) is 60.9 cm³/mol. The first kappa shape index (κ1) is 11.6. The maximum Gasteiger partial charge on any atom is 0.328 e. The van der Waals surface area contributed by atoms with Crippen molar-refractivity contribution in [3.8, 4) is 0 Å². The van der Waals surface area contributed by atoms with E-state index in [1.54, 1.807) is 13.8 Å². The number of rotatable bonds is 4. The minimum atomic E-state index is -0.312. The van der Waals surface area contributed by atoms with Crippen molar-refractivity contribution in [2.75, 3.05) is 11.9 Å². The third-order valence-electron chi connectivity index (χ3n) is 2.07. The number of ether oxygens (including phenoxy) is 1. The van der Waals surface area contributed by atoms with Crippen molar-refractivity contribution in [1.29, 1.82) is 0 Å². The summed E-state index contributed by atoms with van der Waals surface area (Å²) in [4.78, 5) is 11.3. The second-order valence-electron chi connectivity index (χ2n) is 3.48. The monoisotopic (exact) mass is 207 g/mol. The summed E-state index contributed by atoms with van der Waals surface area (Å²) in [6.07, 6.45) is 0. The highest BCUT2D eigenvalue weighted by atomic mass is 16.5. The molecule has 0 aliphatic heterocycles. The molecule has 1 aromatic carbocycles. The number of aryl methyl sites for hydroxylation is 1. The molecule has 0 saturated carbocycles. The summed E-state index contributed by atoms with van der Waals surface area (Å²) in [7, 11) is 0. The highest BCUT2D eigenvalue weighted by molar-refractivity contribution is 5.78. The zero-order valence-electron chi connectivity index (χ0n) is 9.41. The van der Waals surface area contributed by atoms with E-state index >= 15 is 0 Å². The van der Waals surface area contributed by atoms with Gasteiger partial charge in [-0.1, -0.05) is 17.7 Å². The average Bonchev–Trinajstić information content (AvgIpc) is 2.22. The largest absolute Gasteiger partial charge is 0.464 e. The van der Waals surface area contributed by atoms with Crippen LogP contribution in [0.5, 0.6) is 0 Å². The van der Waals surface area contributed by atoms with Crippen LogP contribution in [0.3, 0.4) is 0 Å². The molecule has 3 nitrogen and oxygen atoms in total. The maximum atomic E-state index is 11.3. The number of carbonyl (C=O) groups is 1. The first-order valence-electron chi connectivity index (χ1n) is 5.13. The summed E-state index contributed by atoms with van der Waals surface area (Å²) in [6, 6.07) is 7.59. The van der Waals surface area contributed by atoms with E-state index in [1.807, 2.05) is 31.2 Å². The normalized spacial score (nSPS) is 11.9. The van der Waals surface area contributed by atoms with Gasteiger partial charge < -0.3 is 10.1 Å². The first-order valence-corrected chi connectivity index (χ1v) is 5.13. The molecule has 0 saturated heterocycles. The second-order valence-corrected chi connectivity index (χ2v) is 3.48. The van der Waals surface area contributed by atoms with Gasteiger partial charge in [0.1, 0.15) is 6.04 Å². The number of esters is 1. The number of anilines is 1. The van der Waals surface area contributed by atoms with Crippen molar-refractivity contribution >= 4 is 11.7 Å². The van der Waals surface area contributed by atoms with Gasteiger partial charge in [-0.25, -0.2) is 4.79 Å². The quantitative estimate of drug-likeness (QED) is 0.770. The van der Waals surface area contributed by atoms with Crippen LogP contribution in [0.25, 0.3) is 0 Å². The summed E-state index contributed by atoms with van der Waals surface area (Å²) >= 11 is 0. The van der Waals surface area contributed by atoms with E-state index in [0.29, 0.717) is 6.61 Å². The molecule has 0 radical (unpaired) electrons. The molecule has 0 bridgehead atoms. The SMILES string of the molecule is CCOC(=O)C(C)Nc1ccc(C)cc1. The first-order chi connectivity index (χ1) is 7.13. The zero-order chi connectivity index (χ0) is 11.3. The Morgan fingerprint density at radius 3 is 2.53 bits per heavy atom. The molecule has 1 N–H and O–H groups in total. The van der Waals surface area contributed by atoms with Gasteiger partial charge >= 0.3 is 5.97 Å². The van der Waals surface area contributed by atoms with E-state index in [9.17, 15) is 4.79 Å². The van der Waals surface area contributed by atoms with E-state index in [4.69, 9.17) is 4.74 Å². The summed E-state index contributed by atoms with van der Waals surface area (Å²) in [6.45, 7) is 6.03. The van der Waals surface area contributed by atoms with Crippen molar-refractivity contribution in [2.24, 2.45) is 0 Å². The smallest absolute Gasteiger partial charge is 0.328 e. The van der Waals surface area contributed by atoms with Crippen LogP contribution in [0.4, 0.5) is 5.69 Å². The van der Waals surface area contributed by atoms with E-state index in [-0.39, 0.29) is 12.0 Å². The molecule has 0 spiro atoms. The molecule has 1 atom stereocenters. The fourth-order valence-electron chi connectivity index (χ4n) is 1.23. The van der Waals surface area contributed by atoms with Gasteiger partial charge in [-0.15, -0.1) is 0 Å². The second kappa shape index (κ2) is 5.39. The fourth-order valence-corrected chi connectivity index (χ4v) is 1.23. The third-order valence-corrected chi connectivity index (χ3v) is 2.07. The van der Waals surface area contributed by atoms with Crippen LogP contribution in [0, 0.1) is 6.92 Å². The molecule has 1 unspecified atom stereocenters. The van der Waals surface area contributed by atoms with Crippen LogP contribution < -0.4 is 5.32 Å². The summed E-state index contributed by atoms with van der Waals surface area (Å²) in [5.74, 6) is -0.224. The molecule has 0 aromatic heterocycles. The van der Waals surface area contributed by atoms with E-state index in [0.717, 1.165) is 5.69 Å². The molecule has 1 rings (SSSR count). The standard InChI is InChI=1S/C12H17NO2/c1-4-15-12(14)10(3)13-11-7-5-9(2)6-8-11/h5-8,10,13H,4H2,1-3H3. The minimum Gasteiger partial charge on any atom is -0.464 e. The number of nitrogens with one attached hydrogen (secondary N) is 1. The van der Waals surface area contributed by atoms with Crippen LogP contribution in [0.15, 0.2) is 24.3 Å². The Kier molecular flexibility index (Phi) is 4.16. The lowest BCUT2D eigenvalue weighted by Gasteiger charge is -2.13. The molecule has 3 heteroatoms. The minimum absolute atomic E-state index is 0.224. The summed E-state index contributed by atoms with van der Waals surface area (Å²) in [5, 5.41) is 3.08. The molecule has 0 aliphatic rings. The molecular weight excluding hydrogens is 190 g/mol. The topological polar surface area (TPSA) is 38.3 Å². The average molecular weight is 207 g/mol. The van der Waals surface area contributed by atoms with Gasteiger partial charge in [0.15, 0.2) is 0 Å². The lowest BCUT2D eigenvalue weighted by molar-refractivity contribution is -0.143.